The van der Waals surface area contributed by atoms with Gasteiger partial charge in [0.25, 0.3) is 10.0 Å². The summed E-state index contributed by atoms with van der Waals surface area (Å²) in [6.45, 7) is 2.48. The average molecular weight is 588 g/mol. The highest BCUT2D eigenvalue weighted by molar-refractivity contribution is 7.92. The highest BCUT2D eigenvalue weighted by Crippen LogP contribution is 2.31. The number of amides is 1. The van der Waals surface area contributed by atoms with Gasteiger partial charge in [0, 0.05) is 30.8 Å². The third kappa shape index (κ3) is 7.12. The minimum absolute atomic E-state index is 0.00969. The number of aryl methyl sites for hydroxylation is 1. The van der Waals surface area contributed by atoms with Gasteiger partial charge in [-0.3, -0.25) is 9.52 Å². The maximum Gasteiger partial charge on any atom is 0.262 e. The van der Waals surface area contributed by atoms with Gasteiger partial charge in [-0.2, -0.15) is 0 Å². The second kappa shape index (κ2) is 12.3. The van der Waals surface area contributed by atoms with Gasteiger partial charge in [0.2, 0.25) is 15.9 Å². The monoisotopic (exact) mass is 587 g/mol. The number of methoxy groups -OCH3 is 2. The Labute approximate surface area is 235 Å². The zero-order valence-corrected chi connectivity index (χ0v) is 24.2. The molecule has 1 fully saturated rings. The number of anilines is 2. The van der Waals surface area contributed by atoms with Gasteiger partial charge >= 0.3 is 0 Å². The Hall–Kier alpha value is -3.61. The van der Waals surface area contributed by atoms with E-state index in [1.165, 1.54) is 42.8 Å². The molecule has 1 saturated heterocycles. The fourth-order valence-corrected chi connectivity index (χ4v) is 7.06. The van der Waals surface area contributed by atoms with E-state index in [0.29, 0.717) is 30.0 Å². The van der Waals surface area contributed by atoms with Crippen LogP contribution in [0.4, 0.5) is 11.4 Å². The van der Waals surface area contributed by atoms with Gasteiger partial charge in [-0.1, -0.05) is 29.8 Å². The molecule has 214 valence electrons. The second-order valence-electron chi connectivity index (χ2n) is 9.60. The molecule has 1 amide bonds. The van der Waals surface area contributed by atoms with Crippen LogP contribution >= 0.6 is 0 Å². The van der Waals surface area contributed by atoms with Gasteiger partial charge < -0.3 is 14.8 Å². The summed E-state index contributed by atoms with van der Waals surface area (Å²) in [5, 5.41) is 2.81. The lowest BCUT2D eigenvalue weighted by molar-refractivity contribution is -0.120. The average Bonchev–Trinajstić information content (AvgIpc) is 2.94. The molecule has 2 N–H and O–H groups in total. The van der Waals surface area contributed by atoms with Gasteiger partial charge in [0.15, 0.2) is 0 Å². The van der Waals surface area contributed by atoms with E-state index in [9.17, 15) is 21.6 Å². The summed E-state index contributed by atoms with van der Waals surface area (Å²) in [4.78, 5) is 12.9. The van der Waals surface area contributed by atoms with Crippen molar-refractivity contribution < 1.29 is 31.1 Å². The maximum absolute atomic E-state index is 12.9. The van der Waals surface area contributed by atoms with Gasteiger partial charge in [-0.05, 0) is 61.7 Å². The predicted octanol–water partition coefficient (Wildman–Crippen LogP) is 3.99. The summed E-state index contributed by atoms with van der Waals surface area (Å²) in [6, 6.07) is 18.0. The zero-order valence-electron chi connectivity index (χ0n) is 22.6. The number of nitrogens with one attached hydrogen (secondary N) is 2. The Balaban J connectivity index is 1.33. The Morgan fingerprint density at radius 1 is 0.900 bits per heavy atom. The molecule has 3 aromatic carbocycles. The van der Waals surface area contributed by atoms with Crippen molar-refractivity contribution in [1.29, 1.82) is 0 Å². The first kappa shape index (κ1) is 29.4. The van der Waals surface area contributed by atoms with Crippen molar-refractivity contribution in [3.05, 3.63) is 77.9 Å². The van der Waals surface area contributed by atoms with Crippen molar-refractivity contribution in [1.82, 2.24) is 4.31 Å². The van der Waals surface area contributed by atoms with Crippen LogP contribution in [0.3, 0.4) is 0 Å². The molecule has 3 aromatic rings. The number of piperidine rings is 1. The molecular weight excluding hydrogens is 554 g/mol. The number of hydrogen-bond donors (Lipinski definition) is 2. The van der Waals surface area contributed by atoms with E-state index in [0.717, 1.165) is 11.1 Å². The van der Waals surface area contributed by atoms with E-state index in [2.05, 4.69) is 10.0 Å². The Bertz CT molecular complexity index is 1550. The van der Waals surface area contributed by atoms with E-state index in [1.54, 1.807) is 18.2 Å². The zero-order chi connectivity index (χ0) is 28.9. The number of sulfonamides is 2. The molecule has 1 aliphatic heterocycles. The summed E-state index contributed by atoms with van der Waals surface area (Å²) >= 11 is 0. The molecule has 0 spiro atoms. The number of nitrogens with zero attached hydrogens (tertiary/aromatic N) is 1. The van der Waals surface area contributed by atoms with E-state index in [4.69, 9.17) is 9.47 Å². The molecule has 0 aliphatic carbocycles. The van der Waals surface area contributed by atoms with Crippen LogP contribution in [-0.4, -0.2) is 54.4 Å². The van der Waals surface area contributed by atoms with Crippen LogP contribution < -0.4 is 19.5 Å². The largest absolute Gasteiger partial charge is 0.497 e. The van der Waals surface area contributed by atoms with Crippen LogP contribution in [0.25, 0.3) is 0 Å². The number of ether oxygens (including phenoxy) is 2. The van der Waals surface area contributed by atoms with Gasteiger partial charge in [-0.15, -0.1) is 0 Å². The summed E-state index contributed by atoms with van der Waals surface area (Å²) in [5.74, 6) is 0.181. The van der Waals surface area contributed by atoms with Crippen molar-refractivity contribution in [2.24, 2.45) is 5.92 Å². The quantitative estimate of drug-likeness (QED) is 0.367. The molecule has 0 saturated carbocycles. The van der Waals surface area contributed by atoms with Crippen LogP contribution in [0.1, 0.15) is 24.0 Å². The summed E-state index contributed by atoms with van der Waals surface area (Å²) in [6.07, 6.45) is 0.804. The fourth-order valence-electron chi connectivity index (χ4n) is 4.43. The van der Waals surface area contributed by atoms with Crippen molar-refractivity contribution in [2.45, 2.75) is 30.4 Å². The molecule has 4 rings (SSSR count). The van der Waals surface area contributed by atoms with E-state index >= 15 is 0 Å². The minimum atomic E-state index is -3.92. The summed E-state index contributed by atoms with van der Waals surface area (Å²) < 4.78 is 65.9. The lowest BCUT2D eigenvalue weighted by Gasteiger charge is -2.30. The lowest BCUT2D eigenvalue weighted by atomic mass is 9.97. The standard InChI is InChI=1S/C28H33N3O7S2/c1-20-4-6-21(7-5-20)19-39(33,34)31-16-14-22(15-17-31)28(32)29-23-8-11-25(12-9-23)40(35,36)30-26-13-10-24(37-2)18-27(26)38-3/h4-13,18,22,30H,14-17,19H2,1-3H3,(H,29,32). The summed E-state index contributed by atoms with van der Waals surface area (Å²) in [7, 11) is -4.48. The van der Waals surface area contributed by atoms with Gasteiger partial charge in [0.1, 0.15) is 11.5 Å². The molecule has 0 aromatic heterocycles. The second-order valence-corrected chi connectivity index (χ2v) is 13.3. The van der Waals surface area contributed by atoms with Crippen molar-refractivity contribution in [3.63, 3.8) is 0 Å². The van der Waals surface area contributed by atoms with Crippen LogP contribution in [0.2, 0.25) is 0 Å². The van der Waals surface area contributed by atoms with E-state index < -0.39 is 20.0 Å². The molecule has 0 bridgehead atoms. The van der Waals surface area contributed by atoms with Crippen LogP contribution in [0.15, 0.2) is 71.6 Å². The third-order valence-electron chi connectivity index (χ3n) is 6.77. The SMILES string of the molecule is COc1ccc(NS(=O)(=O)c2ccc(NC(=O)C3CCN(S(=O)(=O)Cc4ccc(C)cc4)CC3)cc2)c(OC)c1. The Kier molecular flexibility index (Phi) is 9.02. The summed E-state index contributed by atoms with van der Waals surface area (Å²) in [5.41, 5.74) is 2.50. The lowest BCUT2D eigenvalue weighted by Crippen LogP contribution is -2.41. The van der Waals surface area contributed by atoms with E-state index in [1.807, 2.05) is 31.2 Å². The van der Waals surface area contributed by atoms with Gasteiger partial charge in [-0.25, -0.2) is 21.1 Å². The first-order chi connectivity index (χ1) is 19.0. The molecule has 1 heterocycles. The van der Waals surface area contributed by atoms with Crippen LogP contribution in [-0.2, 0) is 30.6 Å². The highest BCUT2D eigenvalue weighted by atomic mass is 32.2. The first-order valence-corrected chi connectivity index (χ1v) is 15.8. The number of rotatable bonds is 10. The van der Waals surface area contributed by atoms with Crippen molar-refractivity contribution in [2.75, 3.05) is 37.3 Å². The third-order valence-corrected chi connectivity index (χ3v) is 10.0. The topological polar surface area (TPSA) is 131 Å². The normalized spacial score (nSPS) is 14.9. The van der Waals surface area contributed by atoms with E-state index in [-0.39, 0.29) is 41.3 Å². The van der Waals surface area contributed by atoms with Crippen molar-refractivity contribution in [3.8, 4) is 11.5 Å². The molecule has 12 heteroatoms. The molecular formula is C28H33N3O7S2. The molecule has 0 unspecified atom stereocenters. The van der Waals surface area contributed by atoms with Crippen molar-refractivity contribution >= 4 is 37.3 Å². The Morgan fingerprint density at radius 3 is 2.15 bits per heavy atom. The Morgan fingerprint density at radius 2 is 1.55 bits per heavy atom. The predicted molar refractivity (Wildman–Crippen MR) is 154 cm³/mol. The first-order valence-electron chi connectivity index (χ1n) is 12.7. The number of benzene rings is 3. The molecule has 0 atom stereocenters. The molecule has 0 radical (unpaired) electrons. The molecule has 10 nitrogen and oxygen atoms in total. The molecule has 1 aliphatic rings. The maximum atomic E-state index is 12.9. The smallest absolute Gasteiger partial charge is 0.262 e. The molecule has 40 heavy (non-hydrogen) atoms. The van der Waals surface area contributed by atoms with Crippen LogP contribution in [0.5, 0.6) is 11.5 Å². The van der Waals surface area contributed by atoms with Crippen LogP contribution in [0, 0.1) is 12.8 Å². The number of carbonyl (C=O) groups excluding carboxylic acids is 1. The highest BCUT2D eigenvalue weighted by Gasteiger charge is 2.31. The number of carbonyl (C=O) groups is 1. The van der Waals surface area contributed by atoms with Gasteiger partial charge in [0.05, 0.1) is 30.6 Å². The number of hydrogen-bond acceptors (Lipinski definition) is 7. The minimum Gasteiger partial charge on any atom is -0.497 e. The fraction of sp³-hybridized carbons (Fsp3) is 0.321.